The molecule has 1 spiro atoms. The molecule has 1 saturated carbocycles. The van der Waals surface area contributed by atoms with Gasteiger partial charge in [-0.2, -0.15) is 0 Å². The lowest BCUT2D eigenvalue weighted by Crippen LogP contribution is -2.27. The van der Waals surface area contributed by atoms with Crippen molar-refractivity contribution in [2.24, 2.45) is 5.41 Å². The van der Waals surface area contributed by atoms with E-state index in [1.54, 1.807) is 0 Å². The van der Waals surface area contributed by atoms with Gasteiger partial charge in [-0.25, -0.2) is 0 Å². The van der Waals surface area contributed by atoms with Crippen molar-refractivity contribution in [3.05, 3.63) is 0 Å². The number of hydrogen-bond acceptors (Lipinski definition) is 2. The number of rotatable bonds is 1. The van der Waals surface area contributed by atoms with Crippen LogP contribution in [0.4, 0.5) is 0 Å². The Morgan fingerprint density at radius 3 is 2.60 bits per heavy atom. The molecule has 2 aliphatic rings. The minimum Gasteiger partial charge on any atom is -0.395 e. The summed E-state index contributed by atoms with van der Waals surface area (Å²) in [6, 6.07) is 0.461. The Balaban J connectivity index is 2.00. The lowest BCUT2D eigenvalue weighted by atomic mass is 10.0. The van der Waals surface area contributed by atoms with Crippen molar-refractivity contribution in [2.45, 2.75) is 25.3 Å². The van der Waals surface area contributed by atoms with Gasteiger partial charge < -0.3 is 10.0 Å². The molecule has 10 heavy (non-hydrogen) atoms. The fourth-order valence-electron chi connectivity index (χ4n) is 2.12. The minimum atomic E-state index is 0.345. The van der Waals surface area contributed by atoms with Gasteiger partial charge in [0, 0.05) is 12.6 Å². The lowest BCUT2D eigenvalue weighted by Gasteiger charge is -2.15. The Hall–Kier alpha value is -0.0800. The molecular formula is C8H15NO. The molecule has 0 unspecified atom stereocenters. The first-order valence-corrected chi connectivity index (χ1v) is 4.07. The van der Waals surface area contributed by atoms with Crippen LogP contribution in [0.15, 0.2) is 0 Å². The third kappa shape index (κ3) is 0.867. The Morgan fingerprint density at radius 2 is 2.30 bits per heavy atom. The fourth-order valence-corrected chi connectivity index (χ4v) is 2.12. The van der Waals surface area contributed by atoms with Crippen LogP contribution in [0, 0.1) is 5.41 Å². The van der Waals surface area contributed by atoms with E-state index in [9.17, 15) is 0 Å². The first kappa shape index (κ1) is 6.62. The molecule has 2 heteroatoms. The minimum absolute atomic E-state index is 0.345. The topological polar surface area (TPSA) is 23.5 Å². The van der Waals surface area contributed by atoms with Gasteiger partial charge in [-0.1, -0.05) is 0 Å². The summed E-state index contributed by atoms with van der Waals surface area (Å²) >= 11 is 0. The van der Waals surface area contributed by atoms with E-state index in [1.165, 1.54) is 25.8 Å². The lowest BCUT2D eigenvalue weighted by molar-refractivity contribution is 0.182. The molecule has 1 saturated heterocycles. The van der Waals surface area contributed by atoms with E-state index in [2.05, 4.69) is 11.9 Å². The van der Waals surface area contributed by atoms with Gasteiger partial charge in [-0.15, -0.1) is 0 Å². The fraction of sp³-hybridized carbons (Fsp3) is 1.00. The summed E-state index contributed by atoms with van der Waals surface area (Å²) in [5.74, 6) is 0. The van der Waals surface area contributed by atoms with Crippen molar-refractivity contribution in [1.29, 1.82) is 0 Å². The van der Waals surface area contributed by atoms with E-state index in [-0.39, 0.29) is 0 Å². The van der Waals surface area contributed by atoms with Gasteiger partial charge in [0.1, 0.15) is 0 Å². The predicted molar refractivity (Wildman–Crippen MR) is 39.8 cm³/mol. The molecule has 0 aromatic rings. The van der Waals surface area contributed by atoms with Crippen molar-refractivity contribution >= 4 is 0 Å². The highest BCUT2D eigenvalue weighted by molar-refractivity contribution is 5.03. The zero-order chi connectivity index (χ0) is 7.19. The Morgan fingerprint density at radius 1 is 1.60 bits per heavy atom. The summed E-state index contributed by atoms with van der Waals surface area (Å²) in [5, 5.41) is 8.95. The van der Waals surface area contributed by atoms with E-state index >= 15 is 0 Å². The van der Waals surface area contributed by atoms with Crippen LogP contribution in [0.3, 0.4) is 0 Å². The van der Waals surface area contributed by atoms with Crippen LogP contribution in [-0.2, 0) is 0 Å². The van der Waals surface area contributed by atoms with Gasteiger partial charge in [0.05, 0.1) is 6.61 Å². The van der Waals surface area contributed by atoms with Gasteiger partial charge in [-0.05, 0) is 31.7 Å². The molecule has 2 rings (SSSR count). The summed E-state index contributed by atoms with van der Waals surface area (Å²) in [7, 11) is 2.12. The monoisotopic (exact) mass is 141 g/mol. The number of hydrogen-bond donors (Lipinski definition) is 1. The number of nitrogens with zero attached hydrogens (tertiary/aromatic N) is 1. The van der Waals surface area contributed by atoms with Crippen molar-refractivity contribution in [1.82, 2.24) is 4.90 Å². The molecule has 1 heterocycles. The molecular weight excluding hydrogens is 126 g/mol. The zero-order valence-electron chi connectivity index (χ0n) is 6.51. The molecule has 0 aromatic heterocycles. The van der Waals surface area contributed by atoms with Gasteiger partial charge in [0.15, 0.2) is 0 Å². The zero-order valence-corrected chi connectivity index (χ0v) is 6.51. The predicted octanol–water partition coefficient (Wildman–Crippen LogP) is 0.463. The van der Waals surface area contributed by atoms with Gasteiger partial charge >= 0.3 is 0 Å². The first-order valence-electron chi connectivity index (χ1n) is 4.07. The SMILES string of the molecule is CN1CC2(CC2)C[C@@H]1CO. The molecule has 0 bridgehead atoms. The number of likely N-dealkylation sites (N-methyl/N-ethyl adjacent to an activating group) is 1. The normalized spacial score (nSPS) is 37.2. The highest BCUT2D eigenvalue weighted by atomic mass is 16.3. The molecule has 1 aliphatic carbocycles. The molecule has 0 radical (unpaired) electrons. The second-order valence-corrected chi connectivity index (χ2v) is 3.96. The van der Waals surface area contributed by atoms with Crippen molar-refractivity contribution in [3.63, 3.8) is 0 Å². The molecule has 1 N–H and O–H groups in total. The van der Waals surface area contributed by atoms with Crippen LogP contribution in [-0.4, -0.2) is 36.2 Å². The molecule has 2 nitrogen and oxygen atoms in total. The third-order valence-corrected chi connectivity index (χ3v) is 3.04. The van der Waals surface area contributed by atoms with Crippen LogP contribution in [0.1, 0.15) is 19.3 Å². The van der Waals surface area contributed by atoms with E-state index in [0.29, 0.717) is 18.1 Å². The first-order chi connectivity index (χ1) is 4.76. The maximum absolute atomic E-state index is 8.95. The Kier molecular flexibility index (Phi) is 1.29. The highest BCUT2D eigenvalue weighted by Crippen LogP contribution is 2.54. The quantitative estimate of drug-likeness (QED) is 0.573. The smallest absolute Gasteiger partial charge is 0.0586 e. The van der Waals surface area contributed by atoms with E-state index in [0.717, 1.165) is 0 Å². The van der Waals surface area contributed by atoms with E-state index in [1.807, 2.05) is 0 Å². The van der Waals surface area contributed by atoms with E-state index in [4.69, 9.17) is 5.11 Å². The largest absolute Gasteiger partial charge is 0.395 e. The second-order valence-electron chi connectivity index (χ2n) is 3.96. The van der Waals surface area contributed by atoms with Crippen LogP contribution < -0.4 is 0 Å². The summed E-state index contributed by atoms with van der Waals surface area (Å²) in [5.41, 5.74) is 0.655. The number of likely N-dealkylation sites (tertiary alicyclic amines) is 1. The molecule has 58 valence electrons. The number of aliphatic hydroxyl groups is 1. The van der Waals surface area contributed by atoms with Crippen LogP contribution in [0.2, 0.25) is 0 Å². The van der Waals surface area contributed by atoms with Crippen LogP contribution in [0.5, 0.6) is 0 Å². The Labute approximate surface area is 61.8 Å². The van der Waals surface area contributed by atoms with Gasteiger partial charge in [0.2, 0.25) is 0 Å². The van der Waals surface area contributed by atoms with Gasteiger partial charge in [0.25, 0.3) is 0 Å². The Bertz CT molecular complexity index is 142. The van der Waals surface area contributed by atoms with Crippen molar-refractivity contribution in [3.8, 4) is 0 Å². The third-order valence-electron chi connectivity index (χ3n) is 3.04. The molecule has 1 atom stereocenters. The van der Waals surface area contributed by atoms with Gasteiger partial charge in [-0.3, -0.25) is 0 Å². The number of aliphatic hydroxyl groups excluding tert-OH is 1. The summed E-state index contributed by atoms with van der Waals surface area (Å²) in [6.45, 7) is 1.57. The average molecular weight is 141 g/mol. The second kappa shape index (κ2) is 1.95. The molecule has 0 aromatic carbocycles. The maximum atomic E-state index is 8.95. The standard InChI is InChI=1S/C8H15NO/c1-9-6-8(2-3-8)4-7(9)5-10/h7,10H,2-6H2,1H3/t7-/m1/s1. The van der Waals surface area contributed by atoms with E-state index < -0.39 is 0 Å². The highest BCUT2D eigenvalue weighted by Gasteiger charge is 2.50. The van der Waals surface area contributed by atoms with Crippen LogP contribution >= 0.6 is 0 Å². The summed E-state index contributed by atoms with van der Waals surface area (Å²) in [4.78, 5) is 2.30. The van der Waals surface area contributed by atoms with Crippen molar-refractivity contribution in [2.75, 3.05) is 20.2 Å². The molecule has 0 amide bonds. The molecule has 1 aliphatic heterocycles. The maximum Gasteiger partial charge on any atom is 0.0586 e. The average Bonchev–Trinajstić information content (AvgIpc) is 2.55. The summed E-state index contributed by atoms with van der Waals surface area (Å²) < 4.78 is 0. The molecule has 2 fully saturated rings. The van der Waals surface area contributed by atoms with Crippen molar-refractivity contribution < 1.29 is 5.11 Å². The summed E-state index contributed by atoms with van der Waals surface area (Å²) in [6.07, 6.45) is 4.03. The van der Waals surface area contributed by atoms with Crippen LogP contribution in [0.25, 0.3) is 0 Å².